The third kappa shape index (κ3) is 32.4. The largest absolute Gasteiger partial charge is 1.00 e. The van der Waals surface area contributed by atoms with Crippen molar-refractivity contribution in [2.75, 3.05) is 39.6 Å². The number of aliphatic hydroxyl groups is 5. The molecule has 0 heterocycles. The van der Waals surface area contributed by atoms with Gasteiger partial charge in [0.05, 0.1) is 62.2 Å². The van der Waals surface area contributed by atoms with Crippen molar-refractivity contribution in [3.8, 4) is 0 Å². The fourth-order valence-electron chi connectivity index (χ4n) is 4.16. The zero-order valence-electron chi connectivity index (χ0n) is 31.7. The Morgan fingerprint density at radius 2 is 1.16 bits per heavy atom. The zero-order valence-corrected chi connectivity index (χ0v) is 33.5. The molecule has 1 aromatic carbocycles. The summed E-state index contributed by atoms with van der Waals surface area (Å²) in [6.07, 6.45) is 13.3. The number of hydrogen-bond donors (Lipinski definition) is 5. The van der Waals surface area contributed by atoms with Gasteiger partial charge in [-0.3, -0.25) is 4.18 Å². The molecule has 0 aliphatic heterocycles. The van der Waals surface area contributed by atoms with Crippen molar-refractivity contribution in [2.45, 2.75) is 140 Å². The van der Waals surface area contributed by atoms with E-state index in [0.717, 1.165) is 31.2 Å². The summed E-state index contributed by atoms with van der Waals surface area (Å²) in [4.78, 5) is 5.16. The standard InChI is InChI=1S/C17H28O4S.C13H27N3O3.C3H7N3O2.Na.H/c1-3-4-5-6-7-8-16(18)13-14-21-22(19,20)17-11-9-15(2)10-12-17;1-2-3-4-5-6-7-13(18)8-9-19-11-12(10-17)15-16-14;4-6-5-3(1-7)2-8;;/h9-12,16,18H,3-8,13-14H2,1-2H3;12-13,17-18H,2-11H2,1H3;3,7-8H,1-2H2;;/q;;;+1;-1/t16-;12?,13-;;;/m11.../s1. The third-order valence-electron chi connectivity index (χ3n) is 7.25. The number of unbranched alkanes of at least 4 members (excludes halogenated alkanes) is 8. The SMILES string of the molecule is CCCCCCC[C@@H](O)CCOCC(CO)N=[N+]=[N-].CCCCCCC[C@@H](O)CCOS(=O)(=O)c1ccc(C)cc1.[H-].[N-]=[N+]=NC(CO)CO.[Na+]. The summed E-state index contributed by atoms with van der Waals surface area (Å²) in [6, 6.07) is 5.34. The van der Waals surface area contributed by atoms with Crippen molar-refractivity contribution >= 4 is 10.1 Å². The number of aliphatic hydroxyl groups excluding tert-OH is 5. The molecule has 50 heavy (non-hydrogen) atoms. The molecule has 17 heteroatoms. The van der Waals surface area contributed by atoms with Crippen molar-refractivity contribution in [1.29, 1.82) is 0 Å². The molecule has 0 aliphatic carbocycles. The molecule has 0 fully saturated rings. The van der Waals surface area contributed by atoms with Gasteiger partial charge < -0.3 is 31.7 Å². The molecule has 0 saturated carbocycles. The molecule has 0 aromatic heterocycles. The number of ether oxygens (including phenoxy) is 1. The average Bonchev–Trinajstić information content (AvgIpc) is 3.09. The van der Waals surface area contributed by atoms with Gasteiger partial charge in [-0.1, -0.05) is 106 Å². The third-order valence-corrected chi connectivity index (χ3v) is 8.58. The maximum Gasteiger partial charge on any atom is 1.00 e. The smallest absolute Gasteiger partial charge is 1.00 e. The summed E-state index contributed by atoms with van der Waals surface area (Å²) in [5.74, 6) is 0. The van der Waals surface area contributed by atoms with E-state index < -0.39 is 28.3 Å². The minimum atomic E-state index is -3.72. The van der Waals surface area contributed by atoms with Crippen LogP contribution in [0.15, 0.2) is 39.4 Å². The first-order chi connectivity index (χ1) is 23.5. The van der Waals surface area contributed by atoms with E-state index in [0.29, 0.717) is 25.9 Å². The summed E-state index contributed by atoms with van der Waals surface area (Å²) in [5.41, 5.74) is 17.0. The Morgan fingerprint density at radius 3 is 1.58 bits per heavy atom. The van der Waals surface area contributed by atoms with Gasteiger partial charge in [0.15, 0.2) is 0 Å². The van der Waals surface area contributed by atoms with Gasteiger partial charge in [0.1, 0.15) is 0 Å². The van der Waals surface area contributed by atoms with Crippen LogP contribution in [0.1, 0.15) is 111 Å². The zero-order chi connectivity index (χ0) is 37.2. The van der Waals surface area contributed by atoms with Gasteiger partial charge in [-0.15, -0.1) is 0 Å². The molecule has 15 nitrogen and oxygen atoms in total. The molecular weight excluding hydrogens is 679 g/mol. The Kier molecular flexibility index (Phi) is 39.4. The second-order valence-corrected chi connectivity index (χ2v) is 13.3. The molecule has 3 atom stereocenters. The van der Waals surface area contributed by atoms with E-state index in [1.54, 1.807) is 12.1 Å². The van der Waals surface area contributed by atoms with Gasteiger partial charge in [-0.25, -0.2) is 0 Å². The van der Waals surface area contributed by atoms with Crippen LogP contribution in [0, 0.1) is 6.92 Å². The molecule has 5 N–H and O–H groups in total. The van der Waals surface area contributed by atoms with Crippen LogP contribution < -0.4 is 29.6 Å². The number of hydrogen-bond acceptors (Lipinski definition) is 11. The first-order valence-electron chi connectivity index (χ1n) is 17.4. The molecule has 1 unspecified atom stereocenters. The maximum absolute atomic E-state index is 12.0. The molecule has 0 aliphatic rings. The van der Waals surface area contributed by atoms with Gasteiger partial charge >= 0.3 is 29.6 Å². The van der Waals surface area contributed by atoms with Crippen LogP contribution in [-0.2, 0) is 19.0 Å². The summed E-state index contributed by atoms with van der Waals surface area (Å²) < 4.78 is 34.2. The molecule has 1 rings (SSSR count). The normalized spacial score (nSPS) is 12.5. The van der Waals surface area contributed by atoms with Crippen molar-refractivity contribution in [3.05, 3.63) is 50.7 Å². The number of nitrogens with zero attached hydrogens (tertiary/aromatic N) is 6. The second-order valence-electron chi connectivity index (χ2n) is 11.7. The topological polar surface area (TPSA) is 251 Å². The van der Waals surface area contributed by atoms with Crippen LogP contribution in [0.2, 0.25) is 0 Å². The number of aryl methyl sites for hydroxylation is 1. The van der Waals surface area contributed by atoms with Crippen LogP contribution in [0.25, 0.3) is 20.9 Å². The fourth-order valence-corrected chi connectivity index (χ4v) is 5.08. The predicted octanol–water partition coefficient (Wildman–Crippen LogP) is 3.36. The molecule has 286 valence electrons. The van der Waals surface area contributed by atoms with Gasteiger partial charge in [0.25, 0.3) is 10.1 Å². The van der Waals surface area contributed by atoms with E-state index in [-0.39, 0.29) is 75.0 Å². The second kappa shape index (κ2) is 37.3. The molecule has 1 aromatic rings. The van der Waals surface area contributed by atoms with E-state index in [9.17, 15) is 18.6 Å². The Morgan fingerprint density at radius 1 is 0.720 bits per heavy atom. The Bertz CT molecular complexity index is 1110. The van der Waals surface area contributed by atoms with Gasteiger partial charge in [-0.05, 0) is 55.8 Å². The minimum Gasteiger partial charge on any atom is -1.00 e. The number of azide groups is 2. The van der Waals surface area contributed by atoms with Crippen LogP contribution >= 0.6 is 0 Å². The van der Waals surface area contributed by atoms with Gasteiger partial charge in [0.2, 0.25) is 0 Å². The summed E-state index contributed by atoms with van der Waals surface area (Å²) in [5, 5.41) is 51.3. The van der Waals surface area contributed by atoms with E-state index in [4.69, 9.17) is 35.3 Å². The van der Waals surface area contributed by atoms with Crippen LogP contribution in [0.4, 0.5) is 0 Å². The molecule has 0 saturated heterocycles. The predicted molar refractivity (Wildman–Crippen MR) is 191 cm³/mol. The first-order valence-corrected chi connectivity index (χ1v) is 18.8. The average molecular weight is 743 g/mol. The van der Waals surface area contributed by atoms with E-state index in [1.165, 1.54) is 57.1 Å². The van der Waals surface area contributed by atoms with Gasteiger partial charge in [0, 0.05) is 16.4 Å². The summed E-state index contributed by atoms with van der Waals surface area (Å²) >= 11 is 0. The molecule has 0 spiro atoms. The van der Waals surface area contributed by atoms with E-state index >= 15 is 0 Å². The van der Waals surface area contributed by atoms with Crippen molar-refractivity contribution in [3.63, 3.8) is 0 Å². The van der Waals surface area contributed by atoms with Crippen LogP contribution in [-0.4, -0.2) is 97.9 Å². The Labute approximate surface area is 322 Å². The number of benzene rings is 1. The summed E-state index contributed by atoms with van der Waals surface area (Å²) in [6.45, 7) is 6.06. The quantitative estimate of drug-likeness (QED) is 0.0221. The minimum absolute atomic E-state index is 0. The fraction of sp³-hybridized carbons (Fsp3) is 0.818. The molecule has 0 amide bonds. The van der Waals surface area contributed by atoms with E-state index in [1.807, 2.05) is 6.92 Å². The van der Waals surface area contributed by atoms with Crippen LogP contribution in [0.3, 0.4) is 0 Å². The van der Waals surface area contributed by atoms with Crippen LogP contribution in [0.5, 0.6) is 0 Å². The number of rotatable bonds is 27. The van der Waals surface area contributed by atoms with E-state index in [2.05, 4.69) is 33.9 Å². The monoisotopic (exact) mass is 742 g/mol. The maximum atomic E-state index is 12.0. The summed E-state index contributed by atoms with van der Waals surface area (Å²) in [7, 11) is -3.72. The van der Waals surface area contributed by atoms with Crippen molar-refractivity contribution < 1.29 is 73.9 Å². The Balaban J connectivity index is -0.000000349. The molecule has 0 bridgehead atoms. The van der Waals surface area contributed by atoms with Crippen molar-refractivity contribution in [2.24, 2.45) is 10.2 Å². The Hall–Kier alpha value is -1.49. The van der Waals surface area contributed by atoms with Crippen molar-refractivity contribution in [1.82, 2.24) is 0 Å². The first kappa shape index (κ1) is 52.9. The molecule has 0 radical (unpaired) electrons. The van der Waals surface area contributed by atoms with Gasteiger partial charge in [-0.2, -0.15) is 8.42 Å². The molecular formula is C33H63N6NaO9S.